The van der Waals surface area contributed by atoms with E-state index >= 15 is 0 Å². The van der Waals surface area contributed by atoms with Gasteiger partial charge in [0.25, 0.3) is 0 Å². The molecule has 3 nitrogen and oxygen atoms in total. The highest BCUT2D eigenvalue weighted by molar-refractivity contribution is 6.34. The SMILES string of the molecule is O=C(Cc1cc(Cl)cc(Cl)c1)N1CCOCC1. The van der Waals surface area contributed by atoms with E-state index in [1.807, 2.05) is 0 Å². The van der Waals surface area contributed by atoms with E-state index in [4.69, 9.17) is 27.9 Å². The summed E-state index contributed by atoms with van der Waals surface area (Å²) in [5.74, 6) is 0.0895. The van der Waals surface area contributed by atoms with Gasteiger partial charge in [-0.15, -0.1) is 0 Å². The Hall–Kier alpha value is -0.770. The van der Waals surface area contributed by atoms with Crippen molar-refractivity contribution >= 4 is 29.1 Å². The lowest BCUT2D eigenvalue weighted by atomic mass is 10.1. The summed E-state index contributed by atoms with van der Waals surface area (Å²) in [5, 5.41) is 1.12. The predicted molar refractivity (Wildman–Crippen MR) is 67.6 cm³/mol. The van der Waals surface area contributed by atoms with Gasteiger partial charge in [0.2, 0.25) is 5.91 Å². The first-order valence-corrected chi connectivity index (χ1v) is 6.21. The highest BCUT2D eigenvalue weighted by atomic mass is 35.5. The summed E-state index contributed by atoms with van der Waals surface area (Å²) in [6.45, 7) is 2.55. The molecule has 0 saturated carbocycles. The zero-order valence-corrected chi connectivity index (χ0v) is 10.8. The topological polar surface area (TPSA) is 29.5 Å². The molecule has 1 aliphatic rings. The zero-order chi connectivity index (χ0) is 12.3. The van der Waals surface area contributed by atoms with Crippen molar-refractivity contribution in [2.45, 2.75) is 6.42 Å². The van der Waals surface area contributed by atoms with Crippen LogP contribution in [-0.4, -0.2) is 37.1 Å². The Bertz CT molecular complexity index is 397. The number of hydrogen-bond acceptors (Lipinski definition) is 2. The predicted octanol–water partition coefficient (Wildman–Crippen LogP) is 2.39. The summed E-state index contributed by atoms with van der Waals surface area (Å²) >= 11 is 11.8. The van der Waals surface area contributed by atoms with Crippen molar-refractivity contribution in [3.8, 4) is 0 Å². The summed E-state index contributed by atoms with van der Waals surface area (Å²) in [6.07, 6.45) is 0.334. The number of hydrogen-bond donors (Lipinski definition) is 0. The van der Waals surface area contributed by atoms with E-state index in [9.17, 15) is 4.79 Å². The molecule has 0 spiro atoms. The first kappa shape index (κ1) is 12.7. The van der Waals surface area contributed by atoms with E-state index in [0.29, 0.717) is 42.8 Å². The van der Waals surface area contributed by atoms with Crippen LogP contribution in [0.1, 0.15) is 5.56 Å². The molecule has 0 radical (unpaired) electrons. The second-order valence-electron chi connectivity index (χ2n) is 3.95. The highest BCUT2D eigenvalue weighted by Crippen LogP contribution is 2.19. The fraction of sp³-hybridized carbons (Fsp3) is 0.417. The minimum atomic E-state index is 0.0895. The Morgan fingerprint density at radius 1 is 1.18 bits per heavy atom. The number of amides is 1. The maximum atomic E-state index is 12.0. The summed E-state index contributed by atoms with van der Waals surface area (Å²) in [5.41, 5.74) is 0.846. The lowest BCUT2D eigenvalue weighted by molar-refractivity contribution is -0.134. The number of halogens is 2. The third-order valence-corrected chi connectivity index (χ3v) is 3.08. The Labute approximate surface area is 110 Å². The number of benzene rings is 1. The van der Waals surface area contributed by atoms with Gasteiger partial charge in [-0.25, -0.2) is 0 Å². The van der Waals surface area contributed by atoms with Crippen molar-refractivity contribution in [2.75, 3.05) is 26.3 Å². The van der Waals surface area contributed by atoms with Crippen LogP contribution >= 0.6 is 23.2 Å². The number of morpholine rings is 1. The van der Waals surface area contributed by atoms with Crippen LogP contribution in [0.25, 0.3) is 0 Å². The smallest absolute Gasteiger partial charge is 0.227 e. The van der Waals surface area contributed by atoms with Gasteiger partial charge in [-0.3, -0.25) is 4.79 Å². The Kier molecular flexibility index (Phi) is 4.26. The minimum absolute atomic E-state index is 0.0895. The molecule has 92 valence electrons. The molecule has 0 bridgehead atoms. The van der Waals surface area contributed by atoms with Gasteiger partial charge >= 0.3 is 0 Å². The molecule has 1 saturated heterocycles. The molecule has 0 unspecified atom stereocenters. The average Bonchev–Trinajstić information content (AvgIpc) is 2.28. The van der Waals surface area contributed by atoms with Gasteiger partial charge in [-0.05, 0) is 23.8 Å². The lowest BCUT2D eigenvalue weighted by Gasteiger charge is -2.26. The molecule has 2 rings (SSSR count). The monoisotopic (exact) mass is 273 g/mol. The third-order valence-electron chi connectivity index (χ3n) is 2.64. The molecule has 0 aromatic heterocycles. The van der Waals surface area contributed by atoms with Crippen LogP contribution in [0.2, 0.25) is 10.0 Å². The van der Waals surface area contributed by atoms with Crippen molar-refractivity contribution in [2.24, 2.45) is 0 Å². The van der Waals surface area contributed by atoms with Crippen molar-refractivity contribution in [3.05, 3.63) is 33.8 Å². The Balaban J connectivity index is 2.01. The lowest BCUT2D eigenvalue weighted by Crippen LogP contribution is -2.41. The van der Waals surface area contributed by atoms with E-state index in [2.05, 4.69) is 0 Å². The third kappa shape index (κ3) is 3.60. The van der Waals surface area contributed by atoms with Crippen LogP contribution in [0, 0.1) is 0 Å². The van der Waals surface area contributed by atoms with Gasteiger partial charge < -0.3 is 9.64 Å². The van der Waals surface area contributed by atoms with Gasteiger partial charge in [0, 0.05) is 23.1 Å². The van der Waals surface area contributed by atoms with Gasteiger partial charge in [-0.1, -0.05) is 23.2 Å². The second kappa shape index (κ2) is 5.71. The maximum absolute atomic E-state index is 12.0. The Morgan fingerprint density at radius 3 is 2.35 bits per heavy atom. The summed E-state index contributed by atoms with van der Waals surface area (Å²) < 4.78 is 5.20. The van der Waals surface area contributed by atoms with Crippen molar-refractivity contribution in [1.29, 1.82) is 0 Å². The molecule has 17 heavy (non-hydrogen) atoms. The molecule has 0 aliphatic carbocycles. The molecule has 1 fully saturated rings. The number of carbonyl (C=O) groups is 1. The molecule has 0 atom stereocenters. The second-order valence-corrected chi connectivity index (χ2v) is 4.82. The molecule has 0 N–H and O–H groups in total. The summed E-state index contributed by atoms with van der Waals surface area (Å²) in [7, 11) is 0. The van der Waals surface area contributed by atoms with Crippen molar-refractivity contribution in [1.82, 2.24) is 4.90 Å². The van der Waals surface area contributed by atoms with Crippen molar-refractivity contribution < 1.29 is 9.53 Å². The highest BCUT2D eigenvalue weighted by Gasteiger charge is 2.17. The standard InChI is InChI=1S/C12H13Cl2NO2/c13-10-5-9(6-11(14)8-10)7-12(16)15-1-3-17-4-2-15/h5-6,8H,1-4,7H2. The summed E-state index contributed by atoms with van der Waals surface area (Å²) in [6, 6.07) is 5.20. The van der Waals surface area contributed by atoms with Gasteiger partial charge in [0.15, 0.2) is 0 Å². The van der Waals surface area contributed by atoms with Crippen LogP contribution in [0.4, 0.5) is 0 Å². The maximum Gasteiger partial charge on any atom is 0.227 e. The quantitative estimate of drug-likeness (QED) is 0.828. The van der Waals surface area contributed by atoms with Crippen LogP contribution in [0.5, 0.6) is 0 Å². The molecule has 5 heteroatoms. The fourth-order valence-corrected chi connectivity index (χ4v) is 2.38. The average molecular weight is 274 g/mol. The van der Waals surface area contributed by atoms with E-state index in [-0.39, 0.29) is 5.91 Å². The van der Waals surface area contributed by atoms with Crippen molar-refractivity contribution in [3.63, 3.8) is 0 Å². The van der Waals surface area contributed by atoms with E-state index in [1.54, 1.807) is 23.1 Å². The molecular formula is C12H13Cl2NO2. The minimum Gasteiger partial charge on any atom is -0.378 e. The largest absolute Gasteiger partial charge is 0.378 e. The van der Waals surface area contributed by atoms with Crippen LogP contribution in [-0.2, 0) is 16.0 Å². The van der Waals surface area contributed by atoms with E-state index in [1.165, 1.54) is 0 Å². The molecule has 1 aromatic rings. The molecular weight excluding hydrogens is 261 g/mol. The van der Waals surface area contributed by atoms with Crippen LogP contribution < -0.4 is 0 Å². The van der Waals surface area contributed by atoms with Gasteiger partial charge in [-0.2, -0.15) is 0 Å². The normalized spacial score (nSPS) is 16.0. The number of nitrogens with zero attached hydrogens (tertiary/aromatic N) is 1. The first-order chi connectivity index (χ1) is 8.15. The van der Waals surface area contributed by atoms with Crippen LogP contribution in [0.15, 0.2) is 18.2 Å². The number of rotatable bonds is 2. The number of ether oxygens (including phenoxy) is 1. The molecule has 1 amide bonds. The van der Waals surface area contributed by atoms with E-state index in [0.717, 1.165) is 5.56 Å². The Morgan fingerprint density at radius 2 is 1.76 bits per heavy atom. The zero-order valence-electron chi connectivity index (χ0n) is 9.29. The fourth-order valence-electron chi connectivity index (χ4n) is 1.81. The molecule has 1 heterocycles. The van der Waals surface area contributed by atoms with Gasteiger partial charge in [0.05, 0.1) is 19.6 Å². The molecule has 1 aliphatic heterocycles. The summed E-state index contributed by atoms with van der Waals surface area (Å²) in [4.78, 5) is 13.8. The van der Waals surface area contributed by atoms with Crippen LogP contribution in [0.3, 0.4) is 0 Å². The first-order valence-electron chi connectivity index (χ1n) is 5.45. The molecule has 1 aromatic carbocycles. The van der Waals surface area contributed by atoms with E-state index < -0.39 is 0 Å². The van der Waals surface area contributed by atoms with Gasteiger partial charge in [0.1, 0.15) is 0 Å². The number of carbonyl (C=O) groups excluding carboxylic acids is 1.